The molecule has 7 heteroatoms. The molecule has 0 radical (unpaired) electrons. The van der Waals surface area contributed by atoms with E-state index in [9.17, 15) is 9.59 Å². The molecule has 188 valence electrons. The van der Waals surface area contributed by atoms with Gasteiger partial charge in [-0.3, -0.25) is 9.59 Å². The highest BCUT2D eigenvalue weighted by atomic mass is 16.5. The Morgan fingerprint density at radius 3 is 2.27 bits per heavy atom. The monoisotopic (exact) mass is 495 g/mol. The number of aromatic nitrogens is 1. The number of carbonyl (C=O) groups is 2. The van der Waals surface area contributed by atoms with Gasteiger partial charge in [-0.15, -0.1) is 0 Å². The van der Waals surface area contributed by atoms with E-state index in [-0.39, 0.29) is 24.4 Å². The van der Waals surface area contributed by atoms with Crippen molar-refractivity contribution in [1.29, 1.82) is 0 Å². The Morgan fingerprint density at radius 1 is 0.892 bits per heavy atom. The standard InChI is InChI=1S/C30H29N3O4/c1-36-21-11-7-19(8-12-21)15-16-32-18-27(34)33-26(30(32)35)17-24-23-5-3-4-6-25(23)31-28(24)29(33)20-9-13-22(37-2)14-10-20/h3-14,26,29,31H,15-18H2,1-2H3/t26-,29?/m0/s1. The molecule has 2 atom stereocenters. The zero-order valence-electron chi connectivity index (χ0n) is 20.9. The average Bonchev–Trinajstić information content (AvgIpc) is 3.32. The molecule has 0 aliphatic carbocycles. The van der Waals surface area contributed by atoms with E-state index in [1.165, 1.54) is 0 Å². The Morgan fingerprint density at radius 2 is 1.57 bits per heavy atom. The third-order valence-corrected chi connectivity index (χ3v) is 7.60. The van der Waals surface area contributed by atoms with Gasteiger partial charge in [0.25, 0.3) is 0 Å². The summed E-state index contributed by atoms with van der Waals surface area (Å²) in [6.45, 7) is 0.572. The molecule has 0 bridgehead atoms. The van der Waals surface area contributed by atoms with Crippen LogP contribution in [0.5, 0.6) is 11.5 Å². The van der Waals surface area contributed by atoms with Gasteiger partial charge in [-0.1, -0.05) is 42.5 Å². The summed E-state index contributed by atoms with van der Waals surface area (Å²) in [5, 5.41) is 1.10. The van der Waals surface area contributed by atoms with E-state index in [4.69, 9.17) is 9.47 Å². The first-order chi connectivity index (χ1) is 18.1. The minimum atomic E-state index is -0.545. The van der Waals surface area contributed by atoms with Crippen molar-refractivity contribution in [3.8, 4) is 11.5 Å². The summed E-state index contributed by atoms with van der Waals surface area (Å²) in [6.07, 6.45) is 1.17. The van der Waals surface area contributed by atoms with Gasteiger partial charge in [0.15, 0.2) is 0 Å². The lowest BCUT2D eigenvalue weighted by molar-refractivity contribution is -0.158. The summed E-state index contributed by atoms with van der Waals surface area (Å²) in [4.78, 5) is 34.6. The van der Waals surface area contributed by atoms with Crippen LogP contribution in [-0.4, -0.2) is 59.9 Å². The zero-order valence-corrected chi connectivity index (χ0v) is 20.9. The lowest BCUT2D eigenvalue weighted by Crippen LogP contribution is -2.63. The Bertz CT molecular complexity index is 1460. The highest BCUT2D eigenvalue weighted by molar-refractivity contribution is 5.97. The van der Waals surface area contributed by atoms with Crippen LogP contribution in [0, 0.1) is 0 Å². The molecular formula is C30H29N3O4. The van der Waals surface area contributed by atoms with Crippen molar-refractivity contribution >= 4 is 22.7 Å². The number of rotatable bonds is 6. The van der Waals surface area contributed by atoms with Crippen LogP contribution < -0.4 is 9.47 Å². The highest BCUT2D eigenvalue weighted by Gasteiger charge is 2.48. The summed E-state index contributed by atoms with van der Waals surface area (Å²) >= 11 is 0. The number of hydrogen-bond acceptors (Lipinski definition) is 4. The van der Waals surface area contributed by atoms with Crippen LogP contribution in [-0.2, 0) is 22.4 Å². The molecule has 2 aliphatic rings. The van der Waals surface area contributed by atoms with Gasteiger partial charge in [0.05, 0.1) is 26.8 Å². The molecule has 1 saturated heterocycles. The van der Waals surface area contributed by atoms with E-state index >= 15 is 0 Å². The Balaban J connectivity index is 1.35. The number of fused-ring (bicyclic) bond motifs is 4. The van der Waals surface area contributed by atoms with E-state index in [1.54, 1.807) is 24.0 Å². The molecule has 7 nitrogen and oxygen atoms in total. The molecule has 1 unspecified atom stereocenters. The molecule has 3 aromatic carbocycles. The second-order valence-electron chi connectivity index (χ2n) is 9.62. The molecule has 1 N–H and O–H groups in total. The number of benzene rings is 3. The summed E-state index contributed by atoms with van der Waals surface area (Å²) in [5.41, 5.74) is 5.15. The second-order valence-corrected chi connectivity index (χ2v) is 9.62. The number of hydrogen-bond donors (Lipinski definition) is 1. The van der Waals surface area contributed by atoms with E-state index in [0.717, 1.165) is 44.8 Å². The number of nitrogens with zero attached hydrogens (tertiary/aromatic N) is 2. The molecule has 0 spiro atoms. The first kappa shape index (κ1) is 23.2. The second kappa shape index (κ2) is 9.32. The summed E-state index contributed by atoms with van der Waals surface area (Å²) in [5.74, 6) is 1.51. The smallest absolute Gasteiger partial charge is 0.246 e. The topological polar surface area (TPSA) is 74.9 Å². The zero-order chi connectivity index (χ0) is 25.5. The lowest BCUT2D eigenvalue weighted by Gasteiger charge is -2.47. The maximum atomic E-state index is 13.9. The summed E-state index contributed by atoms with van der Waals surface area (Å²) < 4.78 is 10.6. The maximum absolute atomic E-state index is 13.9. The number of H-pyrrole nitrogens is 1. The van der Waals surface area contributed by atoms with Gasteiger partial charge in [-0.05, 0) is 53.4 Å². The normalized spacial score (nSPS) is 19.1. The van der Waals surface area contributed by atoms with Crippen molar-refractivity contribution in [3.63, 3.8) is 0 Å². The third kappa shape index (κ3) is 4.00. The minimum absolute atomic E-state index is 0.00237. The van der Waals surface area contributed by atoms with Gasteiger partial charge in [0, 0.05) is 29.6 Å². The molecule has 37 heavy (non-hydrogen) atoms. The molecular weight excluding hydrogens is 466 g/mol. The largest absolute Gasteiger partial charge is 0.497 e. The fraction of sp³-hybridized carbons (Fsp3) is 0.267. The van der Waals surface area contributed by atoms with Gasteiger partial charge in [0.1, 0.15) is 17.5 Å². The van der Waals surface area contributed by atoms with Crippen molar-refractivity contribution in [2.24, 2.45) is 0 Å². The molecule has 3 heterocycles. The van der Waals surface area contributed by atoms with Crippen LogP contribution in [0.3, 0.4) is 0 Å². The predicted octanol–water partition coefficient (Wildman–Crippen LogP) is 4.11. The van der Waals surface area contributed by atoms with Gasteiger partial charge in [-0.25, -0.2) is 0 Å². The van der Waals surface area contributed by atoms with Crippen LogP contribution in [0.15, 0.2) is 72.8 Å². The first-order valence-corrected chi connectivity index (χ1v) is 12.5. The van der Waals surface area contributed by atoms with E-state index in [1.807, 2.05) is 66.7 Å². The number of methoxy groups -OCH3 is 2. The Kier molecular flexibility index (Phi) is 5.83. The SMILES string of the molecule is COc1ccc(CCN2CC(=O)N3C(c4ccc(OC)cc4)c4[nH]c5ccccc5c4C[C@H]3C2=O)cc1. The van der Waals surface area contributed by atoms with Crippen molar-refractivity contribution in [1.82, 2.24) is 14.8 Å². The van der Waals surface area contributed by atoms with Crippen molar-refractivity contribution < 1.29 is 19.1 Å². The number of carbonyl (C=O) groups excluding carboxylic acids is 2. The molecule has 2 aliphatic heterocycles. The fourth-order valence-electron chi connectivity index (χ4n) is 5.70. The lowest BCUT2D eigenvalue weighted by atomic mass is 9.86. The Labute approximate surface area is 215 Å². The summed E-state index contributed by atoms with van der Waals surface area (Å²) in [7, 11) is 3.27. The van der Waals surface area contributed by atoms with Crippen LogP contribution in [0.1, 0.15) is 28.4 Å². The number of piperazine rings is 1. The predicted molar refractivity (Wildman–Crippen MR) is 141 cm³/mol. The Hall–Kier alpha value is -4.26. The summed E-state index contributed by atoms with van der Waals surface area (Å²) in [6, 6.07) is 22.8. The molecule has 0 saturated carbocycles. The fourth-order valence-corrected chi connectivity index (χ4v) is 5.70. The average molecular weight is 496 g/mol. The van der Waals surface area contributed by atoms with E-state index in [2.05, 4.69) is 11.1 Å². The van der Waals surface area contributed by atoms with E-state index < -0.39 is 6.04 Å². The number of para-hydroxylation sites is 1. The molecule has 6 rings (SSSR count). The van der Waals surface area contributed by atoms with Gasteiger partial charge >= 0.3 is 0 Å². The molecule has 4 aromatic rings. The van der Waals surface area contributed by atoms with Crippen LogP contribution >= 0.6 is 0 Å². The maximum Gasteiger partial charge on any atom is 0.246 e. The number of nitrogens with one attached hydrogen (secondary N) is 1. The number of ether oxygens (including phenoxy) is 2. The van der Waals surface area contributed by atoms with Crippen LogP contribution in [0.25, 0.3) is 10.9 Å². The van der Waals surface area contributed by atoms with Crippen LogP contribution in [0.2, 0.25) is 0 Å². The van der Waals surface area contributed by atoms with Gasteiger partial charge in [0.2, 0.25) is 11.8 Å². The van der Waals surface area contributed by atoms with Crippen molar-refractivity contribution in [3.05, 3.63) is 95.2 Å². The number of aromatic amines is 1. The van der Waals surface area contributed by atoms with Crippen molar-refractivity contribution in [2.45, 2.75) is 24.9 Å². The van der Waals surface area contributed by atoms with Crippen molar-refractivity contribution in [2.75, 3.05) is 27.3 Å². The van der Waals surface area contributed by atoms with Gasteiger partial charge < -0.3 is 24.3 Å². The molecule has 1 fully saturated rings. The number of amides is 2. The molecule has 2 amide bonds. The first-order valence-electron chi connectivity index (χ1n) is 12.5. The van der Waals surface area contributed by atoms with Gasteiger partial charge in [-0.2, -0.15) is 0 Å². The quantitative estimate of drug-likeness (QED) is 0.437. The third-order valence-electron chi connectivity index (χ3n) is 7.60. The highest BCUT2D eigenvalue weighted by Crippen LogP contribution is 2.42. The minimum Gasteiger partial charge on any atom is -0.497 e. The molecule has 1 aromatic heterocycles. The van der Waals surface area contributed by atoms with Crippen LogP contribution in [0.4, 0.5) is 0 Å². The van der Waals surface area contributed by atoms with E-state index in [0.29, 0.717) is 19.4 Å².